The van der Waals surface area contributed by atoms with Crippen LogP contribution in [0.25, 0.3) is 0 Å². The number of aryl methyl sites for hydroxylation is 1. The van der Waals surface area contributed by atoms with E-state index in [1.807, 2.05) is 32.2 Å². The van der Waals surface area contributed by atoms with Crippen molar-refractivity contribution in [3.8, 4) is 0 Å². The average molecular weight is 224 g/mol. The lowest BCUT2D eigenvalue weighted by molar-refractivity contribution is -0.117. The van der Waals surface area contributed by atoms with Crippen LogP contribution in [0.1, 0.15) is 31.0 Å². The lowest BCUT2D eigenvalue weighted by atomic mass is 10.2. The van der Waals surface area contributed by atoms with E-state index < -0.39 is 0 Å². The molecule has 0 aliphatic carbocycles. The molecule has 0 unspecified atom stereocenters. The molecule has 0 fully saturated rings. The third-order valence-electron chi connectivity index (χ3n) is 1.94. The molecule has 15 heavy (non-hydrogen) atoms. The van der Waals surface area contributed by atoms with Gasteiger partial charge in [0.2, 0.25) is 5.91 Å². The fourth-order valence-corrected chi connectivity index (χ4v) is 1.89. The van der Waals surface area contributed by atoms with Crippen LogP contribution < -0.4 is 5.32 Å². The van der Waals surface area contributed by atoms with Gasteiger partial charge in [-0.3, -0.25) is 4.79 Å². The predicted molar refractivity (Wildman–Crippen MR) is 62.7 cm³/mol. The molecule has 0 atom stereocenters. The molecule has 0 saturated heterocycles. The van der Waals surface area contributed by atoms with Crippen molar-refractivity contribution in [2.24, 2.45) is 0 Å². The number of allylic oxidation sites excluding steroid dienone is 1. The first-order valence-corrected chi connectivity index (χ1v) is 5.87. The summed E-state index contributed by atoms with van der Waals surface area (Å²) in [5.41, 5.74) is 1.77. The van der Waals surface area contributed by atoms with Crippen molar-refractivity contribution in [1.82, 2.24) is 10.3 Å². The van der Waals surface area contributed by atoms with Crippen LogP contribution in [0.2, 0.25) is 0 Å². The zero-order valence-electron chi connectivity index (χ0n) is 9.33. The van der Waals surface area contributed by atoms with Gasteiger partial charge in [0.25, 0.3) is 0 Å². The normalized spacial score (nSPS) is 11.5. The van der Waals surface area contributed by atoms with Gasteiger partial charge in [-0.1, -0.05) is 13.0 Å². The largest absolute Gasteiger partial charge is 0.346 e. The molecule has 0 bridgehead atoms. The minimum atomic E-state index is -0.00953. The number of nitrogens with zero attached hydrogens (tertiary/aromatic N) is 1. The molecule has 1 heterocycles. The molecule has 0 aromatic carbocycles. The SMILES string of the molecule is CC/C=C(/C)C(=O)NCc1nc(C)cs1. The lowest BCUT2D eigenvalue weighted by Gasteiger charge is -2.02. The zero-order chi connectivity index (χ0) is 11.3. The molecule has 1 aromatic rings. The number of carbonyl (C=O) groups is 1. The summed E-state index contributed by atoms with van der Waals surface area (Å²) < 4.78 is 0. The van der Waals surface area contributed by atoms with E-state index in [2.05, 4.69) is 10.3 Å². The van der Waals surface area contributed by atoms with Gasteiger partial charge in [-0.25, -0.2) is 4.98 Å². The van der Waals surface area contributed by atoms with E-state index in [1.54, 1.807) is 11.3 Å². The van der Waals surface area contributed by atoms with Gasteiger partial charge in [0.05, 0.1) is 6.54 Å². The van der Waals surface area contributed by atoms with Gasteiger partial charge >= 0.3 is 0 Å². The van der Waals surface area contributed by atoms with Crippen molar-refractivity contribution in [2.45, 2.75) is 33.7 Å². The number of amides is 1. The van der Waals surface area contributed by atoms with Crippen LogP contribution in [0.15, 0.2) is 17.0 Å². The van der Waals surface area contributed by atoms with Crippen LogP contribution in [0.3, 0.4) is 0 Å². The topological polar surface area (TPSA) is 42.0 Å². The van der Waals surface area contributed by atoms with E-state index in [1.165, 1.54) is 0 Å². The first-order valence-electron chi connectivity index (χ1n) is 4.99. The van der Waals surface area contributed by atoms with Gasteiger partial charge in [0, 0.05) is 16.6 Å². The smallest absolute Gasteiger partial charge is 0.246 e. The third-order valence-corrected chi connectivity index (χ3v) is 2.90. The molecule has 3 nitrogen and oxygen atoms in total. The highest BCUT2D eigenvalue weighted by atomic mass is 32.1. The van der Waals surface area contributed by atoms with E-state index >= 15 is 0 Å². The number of carbonyl (C=O) groups excluding carboxylic acids is 1. The van der Waals surface area contributed by atoms with E-state index in [4.69, 9.17) is 0 Å². The maximum atomic E-state index is 11.5. The Balaban J connectivity index is 2.44. The summed E-state index contributed by atoms with van der Waals surface area (Å²) in [6, 6.07) is 0. The highest BCUT2D eigenvalue weighted by Crippen LogP contribution is 2.08. The molecule has 1 aromatic heterocycles. The second-order valence-corrected chi connectivity index (χ2v) is 4.30. The number of rotatable bonds is 4. The number of nitrogens with one attached hydrogen (secondary N) is 1. The van der Waals surface area contributed by atoms with Crippen molar-refractivity contribution in [3.05, 3.63) is 27.7 Å². The molecule has 0 aliphatic rings. The molecule has 0 radical (unpaired) electrons. The quantitative estimate of drug-likeness (QED) is 0.798. The Kier molecular flexibility index (Phi) is 4.49. The van der Waals surface area contributed by atoms with E-state index in [0.29, 0.717) is 6.54 Å². The monoisotopic (exact) mass is 224 g/mol. The summed E-state index contributed by atoms with van der Waals surface area (Å²) in [7, 11) is 0. The Hall–Kier alpha value is -1.16. The maximum absolute atomic E-state index is 11.5. The third kappa shape index (κ3) is 3.83. The van der Waals surface area contributed by atoms with Crippen molar-refractivity contribution >= 4 is 17.2 Å². The van der Waals surface area contributed by atoms with E-state index in [0.717, 1.165) is 22.7 Å². The molecule has 0 spiro atoms. The van der Waals surface area contributed by atoms with Gasteiger partial charge in [0.15, 0.2) is 0 Å². The number of hydrogen-bond acceptors (Lipinski definition) is 3. The molecular formula is C11H16N2OS. The Morgan fingerprint density at radius 3 is 2.93 bits per heavy atom. The maximum Gasteiger partial charge on any atom is 0.246 e. The minimum absolute atomic E-state index is 0.00953. The van der Waals surface area contributed by atoms with Crippen molar-refractivity contribution in [3.63, 3.8) is 0 Å². The minimum Gasteiger partial charge on any atom is -0.346 e. The molecule has 1 N–H and O–H groups in total. The molecule has 0 aliphatic heterocycles. The summed E-state index contributed by atoms with van der Waals surface area (Å²) in [6.45, 7) is 6.31. The number of hydrogen-bond donors (Lipinski definition) is 1. The Labute approximate surface area is 94.2 Å². The summed E-state index contributed by atoms with van der Waals surface area (Å²) in [5, 5.41) is 5.77. The van der Waals surface area contributed by atoms with Crippen molar-refractivity contribution in [2.75, 3.05) is 0 Å². The molecule has 82 valence electrons. The summed E-state index contributed by atoms with van der Waals surface area (Å²) in [6.07, 6.45) is 2.80. The van der Waals surface area contributed by atoms with Crippen LogP contribution in [0, 0.1) is 6.92 Å². The van der Waals surface area contributed by atoms with E-state index in [9.17, 15) is 4.79 Å². The standard InChI is InChI=1S/C11H16N2OS/c1-4-5-8(2)11(14)12-6-10-13-9(3)7-15-10/h5,7H,4,6H2,1-3H3,(H,12,14)/b8-5-. The van der Waals surface area contributed by atoms with Crippen LogP contribution in [-0.4, -0.2) is 10.9 Å². The van der Waals surface area contributed by atoms with Crippen LogP contribution >= 0.6 is 11.3 Å². The highest BCUT2D eigenvalue weighted by molar-refractivity contribution is 7.09. The van der Waals surface area contributed by atoms with Crippen LogP contribution in [0.5, 0.6) is 0 Å². The average Bonchev–Trinajstić information content (AvgIpc) is 2.61. The summed E-state index contributed by atoms with van der Waals surface area (Å²) in [5.74, 6) is -0.00953. The lowest BCUT2D eigenvalue weighted by Crippen LogP contribution is -2.23. The predicted octanol–water partition coefficient (Wildman–Crippen LogP) is 2.42. The molecule has 4 heteroatoms. The summed E-state index contributed by atoms with van der Waals surface area (Å²) in [4.78, 5) is 15.8. The van der Waals surface area contributed by atoms with Crippen molar-refractivity contribution in [1.29, 1.82) is 0 Å². The van der Waals surface area contributed by atoms with Gasteiger partial charge in [-0.05, 0) is 20.3 Å². The first kappa shape index (κ1) is 11.9. The van der Waals surface area contributed by atoms with Gasteiger partial charge in [-0.2, -0.15) is 0 Å². The molecule has 1 rings (SSSR count). The molecular weight excluding hydrogens is 208 g/mol. The zero-order valence-corrected chi connectivity index (χ0v) is 10.1. The summed E-state index contributed by atoms with van der Waals surface area (Å²) >= 11 is 1.57. The van der Waals surface area contributed by atoms with Crippen LogP contribution in [0.4, 0.5) is 0 Å². The molecule has 0 saturated carbocycles. The Morgan fingerprint density at radius 2 is 2.40 bits per heavy atom. The van der Waals surface area contributed by atoms with Gasteiger partial charge in [-0.15, -0.1) is 11.3 Å². The number of aromatic nitrogens is 1. The fourth-order valence-electron chi connectivity index (χ4n) is 1.18. The second kappa shape index (κ2) is 5.66. The number of thiazole rings is 1. The first-order chi connectivity index (χ1) is 7.13. The highest BCUT2D eigenvalue weighted by Gasteiger charge is 2.04. The van der Waals surface area contributed by atoms with Gasteiger partial charge < -0.3 is 5.32 Å². The Bertz CT molecular complexity index is 368. The second-order valence-electron chi connectivity index (χ2n) is 3.36. The molecule has 1 amide bonds. The Morgan fingerprint density at radius 1 is 1.67 bits per heavy atom. The van der Waals surface area contributed by atoms with Gasteiger partial charge in [0.1, 0.15) is 5.01 Å². The van der Waals surface area contributed by atoms with Crippen molar-refractivity contribution < 1.29 is 4.79 Å². The fraction of sp³-hybridized carbons (Fsp3) is 0.455. The van der Waals surface area contributed by atoms with Crippen LogP contribution in [-0.2, 0) is 11.3 Å². The van der Waals surface area contributed by atoms with E-state index in [-0.39, 0.29) is 5.91 Å².